The Labute approximate surface area is 147 Å². The van der Waals surface area contributed by atoms with Gasteiger partial charge in [-0.25, -0.2) is 4.98 Å². The first-order valence-corrected chi connectivity index (χ1v) is 9.59. The molecule has 0 radical (unpaired) electrons. The van der Waals surface area contributed by atoms with Gasteiger partial charge in [0.2, 0.25) is 0 Å². The van der Waals surface area contributed by atoms with Gasteiger partial charge in [0.25, 0.3) is 0 Å². The molecule has 2 aromatic rings. The van der Waals surface area contributed by atoms with Gasteiger partial charge in [0.1, 0.15) is 4.88 Å². The molecule has 132 valence electrons. The molecule has 0 aromatic carbocycles. The van der Waals surface area contributed by atoms with E-state index in [-0.39, 0.29) is 0 Å². The zero-order valence-corrected chi connectivity index (χ0v) is 15.0. The van der Waals surface area contributed by atoms with Gasteiger partial charge in [-0.1, -0.05) is 0 Å². The Morgan fingerprint density at radius 2 is 2.17 bits per heavy atom. The minimum atomic E-state index is -4.25. The van der Waals surface area contributed by atoms with Crippen LogP contribution in [0.3, 0.4) is 0 Å². The molecule has 1 aliphatic heterocycles. The fourth-order valence-electron chi connectivity index (χ4n) is 2.94. The second-order valence-electron chi connectivity index (χ2n) is 6.15. The van der Waals surface area contributed by atoms with Crippen molar-refractivity contribution in [1.82, 2.24) is 15.2 Å². The Balaban J connectivity index is 1.71. The molecule has 1 atom stereocenters. The van der Waals surface area contributed by atoms with Crippen LogP contribution in [0.1, 0.15) is 26.7 Å². The summed E-state index contributed by atoms with van der Waals surface area (Å²) in [4.78, 5) is 7.96. The third-order valence-electron chi connectivity index (χ3n) is 4.21. The summed E-state index contributed by atoms with van der Waals surface area (Å²) in [5.41, 5.74) is 2.84. The molecular weight excluding hydrogens is 355 g/mol. The van der Waals surface area contributed by atoms with Crippen LogP contribution in [0.25, 0.3) is 0 Å². The minimum absolute atomic E-state index is 0.519. The van der Waals surface area contributed by atoms with Gasteiger partial charge < -0.3 is 5.32 Å². The molecule has 0 spiro atoms. The average Bonchev–Trinajstić information content (AvgIpc) is 3.22. The second kappa shape index (κ2) is 7.51. The largest absolute Gasteiger partial charge is 0.425 e. The van der Waals surface area contributed by atoms with E-state index in [1.165, 1.54) is 10.9 Å². The number of alkyl halides is 3. The Bertz CT molecular complexity index is 660. The first-order chi connectivity index (χ1) is 11.4. The highest BCUT2D eigenvalue weighted by atomic mass is 32.1. The van der Waals surface area contributed by atoms with Gasteiger partial charge in [0.05, 0.1) is 11.2 Å². The van der Waals surface area contributed by atoms with Crippen molar-refractivity contribution in [2.24, 2.45) is 5.92 Å². The summed E-state index contributed by atoms with van der Waals surface area (Å²) in [6.45, 7) is 6.17. The average molecular weight is 375 g/mol. The van der Waals surface area contributed by atoms with E-state index >= 15 is 0 Å². The van der Waals surface area contributed by atoms with Crippen molar-refractivity contribution in [2.45, 2.75) is 32.6 Å². The molecule has 1 N–H and O–H groups in total. The number of aromatic nitrogens is 1. The number of halogens is 3. The standard InChI is InChI=1S/C16H20F3N3S2/c1-11-14(23-10-21-11)9-22(7-12-4-5-20-6-12)8-13-2-3-15(24-13)16(17,18)19/h2-3,10,12,20H,4-9H2,1H3. The van der Waals surface area contributed by atoms with Crippen molar-refractivity contribution in [1.29, 1.82) is 0 Å². The van der Waals surface area contributed by atoms with E-state index < -0.39 is 11.1 Å². The molecule has 1 unspecified atom stereocenters. The van der Waals surface area contributed by atoms with E-state index in [9.17, 15) is 13.2 Å². The maximum Gasteiger partial charge on any atom is 0.425 e. The lowest BCUT2D eigenvalue weighted by atomic mass is 10.1. The van der Waals surface area contributed by atoms with Crippen molar-refractivity contribution in [3.05, 3.63) is 38.0 Å². The summed E-state index contributed by atoms with van der Waals surface area (Å²) < 4.78 is 38.4. The zero-order valence-electron chi connectivity index (χ0n) is 13.4. The maximum absolute atomic E-state index is 12.8. The van der Waals surface area contributed by atoms with Crippen molar-refractivity contribution >= 4 is 22.7 Å². The molecule has 0 amide bonds. The van der Waals surface area contributed by atoms with E-state index in [1.807, 2.05) is 12.4 Å². The summed E-state index contributed by atoms with van der Waals surface area (Å²) in [6, 6.07) is 2.79. The number of nitrogens with one attached hydrogen (secondary N) is 1. The first-order valence-electron chi connectivity index (χ1n) is 7.90. The summed E-state index contributed by atoms with van der Waals surface area (Å²) in [6.07, 6.45) is -3.13. The fourth-order valence-corrected chi connectivity index (χ4v) is 4.67. The monoisotopic (exact) mass is 375 g/mol. The van der Waals surface area contributed by atoms with E-state index in [4.69, 9.17) is 0 Å². The molecular formula is C16H20F3N3S2. The summed E-state index contributed by atoms with van der Waals surface area (Å²) in [5, 5.41) is 3.35. The van der Waals surface area contributed by atoms with Crippen molar-refractivity contribution in [3.63, 3.8) is 0 Å². The molecule has 8 heteroatoms. The van der Waals surface area contributed by atoms with E-state index in [2.05, 4.69) is 15.2 Å². The van der Waals surface area contributed by atoms with E-state index in [1.54, 1.807) is 17.4 Å². The van der Waals surface area contributed by atoms with Crippen LogP contribution in [0.15, 0.2) is 17.6 Å². The third-order valence-corrected chi connectivity index (χ3v) is 6.25. The lowest BCUT2D eigenvalue weighted by Gasteiger charge is -2.24. The molecule has 3 rings (SSSR count). The number of thiazole rings is 1. The highest BCUT2D eigenvalue weighted by Crippen LogP contribution is 2.35. The fraction of sp³-hybridized carbons (Fsp3) is 0.562. The second-order valence-corrected chi connectivity index (χ2v) is 8.26. The van der Waals surface area contributed by atoms with Crippen LogP contribution >= 0.6 is 22.7 Å². The molecule has 2 aromatic heterocycles. The van der Waals surface area contributed by atoms with E-state index in [0.29, 0.717) is 12.5 Å². The molecule has 3 heterocycles. The van der Waals surface area contributed by atoms with Crippen LogP contribution in [-0.2, 0) is 19.3 Å². The van der Waals surface area contributed by atoms with Crippen molar-refractivity contribution in [3.8, 4) is 0 Å². The summed E-state index contributed by atoms with van der Waals surface area (Å²) in [7, 11) is 0. The van der Waals surface area contributed by atoms with Gasteiger partial charge in [0.15, 0.2) is 0 Å². The maximum atomic E-state index is 12.8. The number of aryl methyl sites for hydroxylation is 1. The lowest BCUT2D eigenvalue weighted by Crippen LogP contribution is -2.29. The normalized spacial score (nSPS) is 18.6. The molecule has 1 fully saturated rings. The number of thiophene rings is 1. The van der Waals surface area contributed by atoms with Crippen molar-refractivity contribution in [2.75, 3.05) is 19.6 Å². The van der Waals surface area contributed by atoms with Gasteiger partial charge in [-0.05, 0) is 44.5 Å². The number of rotatable bonds is 6. The van der Waals surface area contributed by atoms with Crippen LogP contribution in [0.4, 0.5) is 13.2 Å². The Morgan fingerprint density at radius 3 is 2.75 bits per heavy atom. The van der Waals surface area contributed by atoms with Gasteiger partial charge in [-0.3, -0.25) is 4.90 Å². The Hall–Kier alpha value is -0.960. The molecule has 0 bridgehead atoms. The number of hydrogen-bond donors (Lipinski definition) is 1. The van der Waals surface area contributed by atoms with Gasteiger partial charge in [-0.15, -0.1) is 22.7 Å². The molecule has 24 heavy (non-hydrogen) atoms. The van der Waals surface area contributed by atoms with Crippen molar-refractivity contribution < 1.29 is 13.2 Å². The van der Waals surface area contributed by atoms with Gasteiger partial charge >= 0.3 is 6.18 Å². The molecule has 0 aliphatic carbocycles. The summed E-state index contributed by atoms with van der Waals surface area (Å²) >= 11 is 2.46. The molecule has 3 nitrogen and oxygen atoms in total. The SMILES string of the molecule is Cc1ncsc1CN(Cc1ccc(C(F)(F)F)s1)CC1CCNC1. The Morgan fingerprint density at radius 1 is 1.33 bits per heavy atom. The summed E-state index contributed by atoms with van der Waals surface area (Å²) in [5.74, 6) is 0.556. The molecule has 1 aliphatic rings. The number of hydrogen-bond acceptors (Lipinski definition) is 5. The van der Waals surface area contributed by atoms with Gasteiger partial charge in [0, 0.05) is 29.4 Å². The van der Waals surface area contributed by atoms with Crippen LogP contribution in [-0.4, -0.2) is 29.5 Å². The van der Waals surface area contributed by atoms with Crippen LogP contribution in [0.5, 0.6) is 0 Å². The Kier molecular flexibility index (Phi) is 5.59. The zero-order chi connectivity index (χ0) is 17.2. The van der Waals surface area contributed by atoms with Gasteiger partial charge in [-0.2, -0.15) is 13.2 Å². The topological polar surface area (TPSA) is 28.2 Å². The number of nitrogens with zero attached hydrogens (tertiary/aromatic N) is 2. The molecule has 0 saturated carbocycles. The van der Waals surface area contributed by atoms with E-state index in [0.717, 1.165) is 54.5 Å². The quantitative estimate of drug-likeness (QED) is 0.822. The van der Waals surface area contributed by atoms with Crippen LogP contribution in [0, 0.1) is 12.8 Å². The highest BCUT2D eigenvalue weighted by molar-refractivity contribution is 7.12. The predicted octanol–water partition coefficient (Wildman–Crippen LogP) is 4.14. The van der Waals surface area contributed by atoms with Crippen LogP contribution < -0.4 is 5.32 Å². The third kappa shape index (κ3) is 4.56. The van der Waals surface area contributed by atoms with Crippen LogP contribution in [0.2, 0.25) is 0 Å². The highest BCUT2D eigenvalue weighted by Gasteiger charge is 2.32. The molecule has 1 saturated heterocycles. The smallest absolute Gasteiger partial charge is 0.316 e. The first kappa shape index (κ1) is 17.8. The predicted molar refractivity (Wildman–Crippen MR) is 91.3 cm³/mol. The lowest BCUT2D eigenvalue weighted by molar-refractivity contribution is -0.134. The minimum Gasteiger partial charge on any atom is -0.316 e.